The first-order valence-electron chi connectivity index (χ1n) is 7.17. The van der Waals surface area contributed by atoms with Crippen LogP contribution < -0.4 is 10.6 Å². The molecule has 19 heavy (non-hydrogen) atoms. The number of rotatable bonds is 7. The summed E-state index contributed by atoms with van der Waals surface area (Å²) >= 11 is 3.56. The Labute approximate surface area is 126 Å². The first-order chi connectivity index (χ1) is 8.93. The van der Waals surface area contributed by atoms with Gasteiger partial charge in [-0.05, 0) is 48.6 Å². The quantitative estimate of drug-likeness (QED) is 0.818. The van der Waals surface area contributed by atoms with Gasteiger partial charge in [-0.1, -0.05) is 43.6 Å². The van der Waals surface area contributed by atoms with Crippen LogP contribution in [0.1, 0.15) is 33.3 Å². The van der Waals surface area contributed by atoms with Gasteiger partial charge in [-0.2, -0.15) is 0 Å². The lowest BCUT2D eigenvalue weighted by atomic mass is 10.1. The minimum atomic E-state index is 0.660. The van der Waals surface area contributed by atoms with E-state index >= 15 is 0 Å². The zero-order chi connectivity index (χ0) is 14.4. The molecule has 0 saturated carbocycles. The third-order valence-electron chi connectivity index (χ3n) is 2.97. The largest absolute Gasteiger partial charge is 0.371 e. The molecule has 2 nitrogen and oxygen atoms in total. The van der Waals surface area contributed by atoms with Gasteiger partial charge in [0.05, 0.1) is 0 Å². The Morgan fingerprint density at radius 2 is 1.68 bits per heavy atom. The number of nitrogens with two attached hydrogens (primary N) is 1. The number of nitrogens with zero attached hydrogens (tertiary/aromatic N) is 1. The van der Waals surface area contributed by atoms with E-state index in [0.29, 0.717) is 18.4 Å². The average molecular weight is 327 g/mol. The Kier molecular flexibility index (Phi) is 6.87. The Morgan fingerprint density at radius 3 is 2.16 bits per heavy atom. The highest BCUT2D eigenvalue weighted by Gasteiger charge is 2.14. The summed E-state index contributed by atoms with van der Waals surface area (Å²) in [6.07, 6.45) is 0.932. The molecule has 0 heterocycles. The van der Waals surface area contributed by atoms with Crippen molar-refractivity contribution in [2.24, 2.45) is 17.6 Å². The lowest BCUT2D eigenvalue weighted by Crippen LogP contribution is -2.32. The second-order valence-electron chi connectivity index (χ2n) is 6.00. The molecule has 2 N–H and O–H groups in total. The normalized spacial score (nSPS) is 11.4. The van der Waals surface area contributed by atoms with Gasteiger partial charge in [0, 0.05) is 23.2 Å². The molecule has 0 spiro atoms. The molecule has 0 fully saturated rings. The molecule has 0 aromatic heterocycles. The maximum atomic E-state index is 5.75. The second-order valence-corrected chi connectivity index (χ2v) is 6.92. The molecule has 0 bridgehead atoms. The summed E-state index contributed by atoms with van der Waals surface area (Å²) < 4.78 is 1.13. The highest BCUT2D eigenvalue weighted by molar-refractivity contribution is 9.10. The van der Waals surface area contributed by atoms with Gasteiger partial charge in [-0.25, -0.2) is 0 Å². The molecule has 1 rings (SSSR count). The van der Waals surface area contributed by atoms with Gasteiger partial charge in [0.15, 0.2) is 0 Å². The molecule has 3 heteroatoms. The van der Waals surface area contributed by atoms with Crippen molar-refractivity contribution in [3.63, 3.8) is 0 Å². The lowest BCUT2D eigenvalue weighted by molar-refractivity contribution is 0.551. The molecule has 108 valence electrons. The van der Waals surface area contributed by atoms with E-state index in [2.05, 4.69) is 66.7 Å². The predicted molar refractivity (Wildman–Crippen MR) is 88.8 cm³/mol. The molecule has 0 aliphatic rings. The molecule has 0 atom stereocenters. The van der Waals surface area contributed by atoms with E-state index in [1.54, 1.807) is 0 Å². The van der Waals surface area contributed by atoms with Gasteiger partial charge in [-0.15, -0.1) is 0 Å². The van der Waals surface area contributed by atoms with E-state index in [4.69, 9.17) is 5.73 Å². The van der Waals surface area contributed by atoms with Gasteiger partial charge >= 0.3 is 0 Å². The van der Waals surface area contributed by atoms with Crippen LogP contribution >= 0.6 is 15.9 Å². The van der Waals surface area contributed by atoms with Gasteiger partial charge in [0.25, 0.3) is 0 Å². The van der Waals surface area contributed by atoms with E-state index in [9.17, 15) is 0 Å². The van der Waals surface area contributed by atoms with Crippen LogP contribution in [0.5, 0.6) is 0 Å². The van der Waals surface area contributed by atoms with Crippen LogP contribution in [0.4, 0.5) is 5.69 Å². The summed E-state index contributed by atoms with van der Waals surface area (Å²) in [7, 11) is 0. The van der Waals surface area contributed by atoms with E-state index in [-0.39, 0.29) is 0 Å². The average Bonchev–Trinajstić information content (AvgIpc) is 2.27. The van der Waals surface area contributed by atoms with Crippen molar-refractivity contribution in [3.8, 4) is 0 Å². The van der Waals surface area contributed by atoms with Gasteiger partial charge in [0.2, 0.25) is 0 Å². The summed E-state index contributed by atoms with van der Waals surface area (Å²) in [5, 5.41) is 0. The lowest BCUT2D eigenvalue weighted by Gasteiger charge is -2.30. The fraction of sp³-hybridized carbons (Fsp3) is 0.625. The van der Waals surface area contributed by atoms with Crippen molar-refractivity contribution >= 4 is 21.6 Å². The first kappa shape index (κ1) is 16.5. The standard InChI is InChI=1S/C16H27BrN2/c1-12(2)10-19(11-13(3)4)16-6-5-15(17)9-14(16)7-8-18/h5-6,9,12-13H,7-8,10-11,18H2,1-4H3. The maximum absolute atomic E-state index is 5.75. The topological polar surface area (TPSA) is 29.3 Å². The summed E-state index contributed by atoms with van der Waals surface area (Å²) in [6.45, 7) is 12.0. The molecule has 0 aliphatic heterocycles. The van der Waals surface area contributed by atoms with Crippen molar-refractivity contribution in [2.45, 2.75) is 34.1 Å². The van der Waals surface area contributed by atoms with Crippen LogP contribution in [0.15, 0.2) is 22.7 Å². The van der Waals surface area contributed by atoms with Crippen molar-refractivity contribution < 1.29 is 0 Å². The van der Waals surface area contributed by atoms with Gasteiger partial charge in [0.1, 0.15) is 0 Å². The fourth-order valence-corrected chi connectivity index (χ4v) is 2.78. The monoisotopic (exact) mass is 326 g/mol. The molecular formula is C16H27BrN2. The molecule has 0 unspecified atom stereocenters. The maximum Gasteiger partial charge on any atom is 0.0400 e. The Morgan fingerprint density at radius 1 is 1.11 bits per heavy atom. The van der Waals surface area contributed by atoms with E-state index < -0.39 is 0 Å². The smallest absolute Gasteiger partial charge is 0.0400 e. The van der Waals surface area contributed by atoms with Crippen LogP contribution in [0.2, 0.25) is 0 Å². The van der Waals surface area contributed by atoms with Crippen LogP contribution in [-0.4, -0.2) is 19.6 Å². The molecule has 0 amide bonds. The van der Waals surface area contributed by atoms with Crippen LogP contribution in [0.25, 0.3) is 0 Å². The van der Waals surface area contributed by atoms with Gasteiger partial charge in [-0.3, -0.25) is 0 Å². The fourth-order valence-electron chi connectivity index (χ4n) is 2.37. The highest BCUT2D eigenvalue weighted by atomic mass is 79.9. The summed E-state index contributed by atoms with van der Waals surface area (Å²) in [6, 6.07) is 6.55. The summed E-state index contributed by atoms with van der Waals surface area (Å²) in [5.41, 5.74) is 8.44. The molecular weight excluding hydrogens is 300 g/mol. The Hall–Kier alpha value is -0.540. The molecule has 0 aliphatic carbocycles. The number of anilines is 1. The molecule has 0 radical (unpaired) electrons. The zero-order valence-electron chi connectivity index (χ0n) is 12.6. The van der Waals surface area contributed by atoms with Crippen molar-refractivity contribution in [1.82, 2.24) is 0 Å². The Bertz CT molecular complexity index is 378. The SMILES string of the molecule is CC(C)CN(CC(C)C)c1ccc(Br)cc1CCN. The number of halogens is 1. The molecule has 0 saturated heterocycles. The van der Waals surface area contributed by atoms with E-state index in [0.717, 1.165) is 24.0 Å². The first-order valence-corrected chi connectivity index (χ1v) is 7.96. The van der Waals surface area contributed by atoms with Crippen molar-refractivity contribution in [3.05, 3.63) is 28.2 Å². The van der Waals surface area contributed by atoms with E-state index in [1.165, 1.54) is 11.3 Å². The van der Waals surface area contributed by atoms with Crippen molar-refractivity contribution in [2.75, 3.05) is 24.5 Å². The number of benzene rings is 1. The third-order valence-corrected chi connectivity index (χ3v) is 3.46. The van der Waals surface area contributed by atoms with Crippen LogP contribution in [0, 0.1) is 11.8 Å². The second kappa shape index (κ2) is 7.91. The van der Waals surface area contributed by atoms with Crippen molar-refractivity contribution in [1.29, 1.82) is 0 Å². The number of hydrogen-bond acceptors (Lipinski definition) is 2. The van der Waals surface area contributed by atoms with Gasteiger partial charge < -0.3 is 10.6 Å². The van der Waals surface area contributed by atoms with Crippen LogP contribution in [-0.2, 0) is 6.42 Å². The Balaban J connectivity index is 3.05. The highest BCUT2D eigenvalue weighted by Crippen LogP contribution is 2.26. The minimum Gasteiger partial charge on any atom is -0.371 e. The third kappa shape index (κ3) is 5.53. The molecule has 1 aromatic carbocycles. The minimum absolute atomic E-state index is 0.660. The zero-order valence-corrected chi connectivity index (χ0v) is 14.2. The summed E-state index contributed by atoms with van der Waals surface area (Å²) in [4.78, 5) is 2.51. The van der Waals surface area contributed by atoms with E-state index in [1.807, 2.05) is 0 Å². The predicted octanol–water partition coefficient (Wildman–Crippen LogP) is 4.07. The molecule has 1 aromatic rings. The van der Waals surface area contributed by atoms with Crippen LogP contribution in [0.3, 0.4) is 0 Å². The summed E-state index contributed by atoms with van der Waals surface area (Å²) in [5.74, 6) is 1.32. The number of hydrogen-bond donors (Lipinski definition) is 1.